The van der Waals surface area contributed by atoms with Crippen LogP contribution < -0.4 is 5.32 Å². The first-order chi connectivity index (χ1) is 14.1. The minimum Gasteiger partial charge on any atom is -0.349 e. The normalized spacial score (nSPS) is 30.0. The van der Waals surface area contributed by atoms with Gasteiger partial charge in [-0.1, -0.05) is 50.6 Å². The number of carbonyl (C=O) groups is 1. The van der Waals surface area contributed by atoms with Gasteiger partial charge in [-0.2, -0.15) is 0 Å². The van der Waals surface area contributed by atoms with Crippen LogP contribution in [0, 0.1) is 11.8 Å². The molecule has 1 aromatic carbocycles. The molecule has 5 rings (SSSR count). The number of likely N-dealkylation sites (tertiary alicyclic amines) is 1. The summed E-state index contributed by atoms with van der Waals surface area (Å²) in [6.07, 6.45) is 12.5. The van der Waals surface area contributed by atoms with E-state index in [2.05, 4.69) is 54.4 Å². The zero-order valence-electron chi connectivity index (χ0n) is 18.1. The average Bonchev–Trinajstić information content (AvgIpc) is 3.47. The lowest BCUT2D eigenvalue weighted by atomic mass is 9.74. The first-order valence-corrected chi connectivity index (χ1v) is 12.0. The van der Waals surface area contributed by atoms with Crippen molar-refractivity contribution in [2.75, 3.05) is 13.1 Å². The van der Waals surface area contributed by atoms with Crippen LogP contribution in [0.15, 0.2) is 30.3 Å². The molecular weight excluding hydrogens is 356 g/mol. The van der Waals surface area contributed by atoms with Gasteiger partial charge in [0.1, 0.15) is 0 Å². The first kappa shape index (κ1) is 19.4. The Kier molecular flexibility index (Phi) is 5.06. The van der Waals surface area contributed by atoms with Crippen molar-refractivity contribution in [3.63, 3.8) is 0 Å². The van der Waals surface area contributed by atoms with E-state index >= 15 is 0 Å². The summed E-state index contributed by atoms with van der Waals surface area (Å²) in [6, 6.07) is 9.77. The van der Waals surface area contributed by atoms with Gasteiger partial charge in [0, 0.05) is 24.5 Å². The van der Waals surface area contributed by atoms with Gasteiger partial charge in [-0.3, -0.25) is 4.79 Å². The molecule has 1 heterocycles. The molecule has 0 radical (unpaired) electrons. The molecular formula is C26H38N2O. The molecule has 2 bridgehead atoms. The Labute approximate surface area is 177 Å². The second kappa shape index (κ2) is 7.58. The number of benzene rings is 1. The van der Waals surface area contributed by atoms with Crippen LogP contribution in [-0.4, -0.2) is 36.0 Å². The first-order valence-electron chi connectivity index (χ1n) is 12.0. The van der Waals surface area contributed by atoms with Crippen LogP contribution in [0.2, 0.25) is 0 Å². The van der Waals surface area contributed by atoms with Crippen molar-refractivity contribution in [1.29, 1.82) is 0 Å². The minimum absolute atomic E-state index is 0. The average molecular weight is 395 g/mol. The molecule has 3 heteroatoms. The van der Waals surface area contributed by atoms with Crippen LogP contribution in [0.4, 0.5) is 0 Å². The number of nitrogens with one attached hydrogen (secondary N) is 1. The highest BCUT2D eigenvalue weighted by atomic mass is 16.1. The van der Waals surface area contributed by atoms with E-state index in [1.54, 1.807) is 0 Å². The quantitative estimate of drug-likeness (QED) is 0.748. The van der Waals surface area contributed by atoms with Crippen molar-refractivity contribution in [3.05, 3.63) is 41.5 Å². The molecule has 1 aromatic rings. The van der Waals surface area contributed by atoms with Crippen molar-refractivity contribution in [3.8, 4) is 0 Å². The van der Waals surface area contributed by atoms with Crippen LogP contribution in [0.5, 0.6) is 0 Å². The number of hydrogen-bond donors (Lipinski definition) is 1. The van der Waals surface area contributed by atoms with Crippen molar-refractivity contribution in [1.82, 2.24) is 10.2 Å². The van der Waals surface area contributed by atoms with E-state index < -0.39 is 0 Å². The summed E-state index contributed by atoms with van der Waals surface area (Å²) >= 11 is 0. The van der Waals surface area contributed by atoms with Crippen LogP contribution >= 0.6 is 0 Å². The molecule has 1 aliphatic heterocycles. The van der Waals surface area contributed by atoms with Gasteiger partial charge in [-0.15, -0.1) is 0 Å². The predicted octanol–water partition coefficient (Wildman–Crippen LogP) is 5.16. The number of nitrogens with zero attached hydrogens (tertiary/aromatic N) is 1. The van der Waals surface area contributed by atoms with E-state index in [1.807, 2.05) is 0 Å². The van der Waals surface area contributed by atoms with Gasteiger partial charge < -0.3 is 10.2 Å². The molecule has 3 fully saturated rings. The third-order valence-electron chi connectivity index (χ3n) is 8.60. The van der Waals surface area contributed by atoms with Crippen molar-refractivity contribution in [2.24, 2.45) is 11.8 Å². The van der Waals surface area contributed by atoms with Gasteiger partial charge in [-0.05, 0) is 81.0 Å². The molecule has 1 N–H and O–H groups in total. The van der Waals surface area contributed by atoms with E-state index in [0.717, 1.165) is 49.1 Å². The topological polar surface area (TPSA) is 32.3 Å². The number of hydrogen-bond acceptors (Lipinski definition) is 2. The number of piperidine rings is 1. The summed E-state index contributed by atoms with van der Waals surface area (Å²) < 4.78 is 0. The zero-order valence-corrected chi connectivity index (χ0v) is 18.1. The summed E-state index contributed by atoms with van der Waals surface area (Å²) in [6.45, 7) is 6.66. The number of rotatable bonds is 5. The number of carbonyl (C=O) groups excluding carboxylic acids is 1. The summed E-state index contributed by atoms with van der Waals surface area (Å²) in [5, 5.41) is 3.28. The van der Waals surface area contributed by atoms with Gasteiger partial charge in [-0.25, -0.2) is 0 Å². The molecule has 3 aliphatic carbocycles. The monoisotopic (exact) mass is 394 g/mol. The highest BCUT2D eigenvalue weighted by Gasteiger charge is 2.47. The van der Waals surface area contributed by atoms with Gasteiger partial charge in [0.15, 0.2) is 0 Å². The SMILES string of the molecule is CCC(CC)NC(=O)C1=CC2(CCN(C3C[C@@H]4CC[C@@H]3C4)CC2)c2ccccc21.[HH]. The van der Waals surface area contributed by atoms with Crippen LogP contribution in [-0.2, 0) is 10.2 Å². The van der Waals surface area contributed by atoms with E-state index in [0.29, 0.717) is 0 Å². The van der Waals surface area contributed by atoms with Crippen LogP contribution in [0.3, 0.4) is 0 Å². The minimum atomic E-state index is 0. The Morgan fingerprint density at radius 3 is 2.59 bits per heavy atom. The second-order valence-corrected chi connectivity index (χ2v) is 10.0. The molecule has 2 saturated carbocycles. The van der Waals surface area contributed by atoms with Crippen molar-refractivity contribution < 1.29 is 6.22 Å². The summed E-state index contributed by atoms with van der Waals surface area (Å²) in [4.78, 5) is 15.9. The summed E-state index contributed by atoms with van der Waals surface area (Å²) in [5.41, 5.74) is 3.54. The molecule has 1 amide bonds. The zero-order chi connectivity index (χ0) is 20.0. The predicted molar refractivity (Wildman–Crippen MR) is 121 cm³/mol. The molecule has 158 valence electrons. The van der Waals surface area contributed by atoms with E-state index in [-0.39, 0.29) is 18.8 Å². The Morgan fingerprint density at radius 1 is 1.17 bits per heavy atom. The number of fused-ring (bicyclic) bond motifs is 4. The summed E-state index contributed by atoms with van der Waals surface area (Å²) in [5.74, 6) is 2.09. The van der Waals surface area contributed by atoms with E-state index in [1.165, 1.54) is 49.9 Å². The maximum Gasteiger partial charge on any atom is 0.251 e. The fourth-order valence-electron chi connectivity index (χ4n) is 6.85. The molecule has 0 aromatic heterocycles. The van der Waals surface area contributed by atoms with Crippen LogP contribution in [0.1, 0.15) is 77.8 Å². The van der Waals surface area contributed by atoms with Crippen molar-refractivity contribution >= 4 is 11.5 Å². The molecule has 29 heavy (non-hydrogen) atoms. The van der Waals surface area contributed by atoms with Crippen LogP contribution in [0.25, 0.3) is 5.57 Å². The fraction of sp³-hybridized carbons (Fsp3) is 0.654. The maximum atomic E-state index is 13.1. The largest absolute Gasteiger partial charge is 0.349 e. The smallest absolute Gasteiger partial charge is 0.251 e. The summed E-state index contributed by atoms with van der Waals surface area (Å²) in [7, 11) is 0. The molecule has 3 nitrogen and oxygen atoms in total. The Hall–Kier alpha value is -1.61. The maximum absolute atomic E-state index is 13.1. The van der Waals surface area contributed by atoms with Crippen molar-refractivity contribution in [2.45, 2.75) is 82.7 Å². The number of allylic oxidation sites excluding steroid dienone is 1. The third kappa shape index (κ3) is 3.26. The molecule has 3 atom stereocenters. The Morgan fingerprint density at radius 2 is 1.93 bits per heavy atom. The number of amides is 1. The fourth-order valence-corrected chi connectivity index (χ4v) is 6.85. The van der Waals surface area contributed by atoms with Gasteiger partial charge in [0.05, 0.1) is 0 Å². The standard InChI is InChI=1S/C26H36N2O.H2/c1-3-20(4-2)27-25(29)22-17-26(23-8-6-5-7-21(22)23)11-13-28(14-12-26)24-16-18-9-10-19(24)15-18;/h5-8,17-20,24H,3-4,9-16H2,1-2H3,(H,27,29);1H/t18-,19-,24?;/m1./s1. The third-order valence-corrected chi connectivity index (χ3v) is 8.60. The van der Waals surface area contributed by atoms with Gasteiger partial charge >= 0.3 is 0 Å². The van der Waals surface area contributed by atoms with E-state index in [4.69, 9.17) is 0 Å². The van der Waals surface area contributed by atoms with Gasteiger partial charge in [0.25, 0.3) is 5.91 Å². The molecule has 1 spiro atoms. The van der Waals surface area contributed by atoms with E-state index in [9.17, 15) is 4.79 Å². The van der Waals surface area contributed by atoms with Gasteiger partial charge in [0.2, 0.25) is 0 Å². The molecule has 1 saturated heterocycles. The Bertz CT molecular complexity index is 807. The molecule has 4 aliphatic rings. The highest BCUT2D eigenvalue weighted by Crippen LogP contribution is 2.51. The second-order valence-electron chi connectivity index (χ2n) is 10.0. The highest BCUT2D eigenvalue weighted by molar-refractivity contribution is 6.21. The lowest BCUT2D eigenvalue weighted by Gasteiger charge is -2.44. The lowest BCUT2D eigenvalue weighted by Crippen LogP contribution is -2.47. The lowest BCUT2D eigenvalue weighted by molar-refractivity contribution is -0.116. The Balaban J connectivity index is 0.00000218. The molecule has 1 unspecified atom stereocenters.